The molecule has 8 nitrogen and oxygen atoms in total. The maximum atomic E-state index is 12.2. The average Bonchev–Trinajstić information content (AvgIpc) is 2.72. The molecular formula is C12H18N4O4. The van der Waals surface area contributed by atoms with Gasteiger partial charge in [0, 0.05) is 19.7 Å². The van der Waals surface area contributed by atoms with Gasteiger partial charge in [-0.15, -0.1) is 0 Å². The lowest BCUT2D eigenvalue weighted by atomic mass is 10.1. The Labute approximate surface area is 116 Å². The number of hydrogen-bond donors (Lipinski definition) is 3. The van der Waals surface area contributed by atoms with E-state index in [1.54, 1.807) is 31.6 Å². The standard InChI is InChI=1S/C12H18N4O4/c1-12(2,20)8-6-9-15(3)10(17)7(13-11(18)19)4-5-16(9)14-8/h6-7,13,20H,4-5H2,1-3H3,(H,18,19). The van der Waals surface area contributed by atoms with Crippen molar-refractivity contribution in [1.82, 2.24) is 15.1 Å². The highest BCUT2D eigenvalue weighted by molar-refractivity contribution is 5.97. The molecule has 0 radical (unpaired) electrons. The van der Waals surface area contributed by atoms with Crippen LogP contribution in [0.15, 0.2) is 6.07 Å². The van der Waals surface area contributed by atoms with Gasteiger partial charge in [0.2, 0.25) is 0 Å². The molecule has 20 heavy (non-hydrogen) atoms. The number of amides is 2. The molecule has 0 bridgehead atoms. The summed E-state index contributed by atoms with van der Waals surface area (Å²) in [6, 6.07) is 0.853. The largest absolute Gasteiger partial charge is 0.465 e. The Bertz CT molecular complexity index is 546. The fourth-order valence-corrected chi connectivity index (χ4v) is 2.14. The maximum Gasteiger partial charge on any atom is 0.405 e. The molecule has 0 fully saturated rings. The molecule has 1 aliphatic heterocycles. The van der Waals surface area contributed by atoms with Crippen LogP contribution in [0.3, 0.4) is 0 Å². The van der Waals surface area contributed by atoms with Crippen molar-refractivity contribution in [3.8, 4) is 0 Å². The summed E-state index contributed by atoms with van der Waals surface area (Å²) in [5.41, 5.74) is -0.626. The number of fused-ring (bicyclic) bond motifs is 1. The molecule has 1 unspecified atom stereocenters. The molecule has 1 aromatic heterocycles. The summed E-state index contributed by atoms with van der Waals surface area (Å²) in [6.07, 6.45) is -0.913. The number of likely N-dealkylation sites (N-methyl/N-ethyl adjacent to an activating group) is 1. The van der Waals surface area contributed by atoms with E-state index in [0.29, 0.717) is 24.5 Å². The normalized spacial score (nSPS) is 19.5. The summed E-state index contributed by atoms with van der Waals surface area (Å²) in [4.78, 5) is 24.2. The van der Waals surface area contributed by atoms with Gasteiger partial charge in [0.25, 0.3) is 5.91 Å². The third-order valence-corrected chi connectivity index (χ3v) is 3.29. The molecule has 1 atom stereocenters. The van der Waals surface area contributed by atoms with Crippen LogP contribution in [0.2, 0.25) is 0 Å². The summed E-state index contributed by atoms with van der Waals surface area (Å²) < 4.78 is 1.61. The molecule has 0 aliphatic carbocycles. The number of nitrogens with zero attached hydrogens (tertiary/aromatic N) is 3. The summed E-state index contributed by atoms with van der Waals surface area (Å²) in [5.74, 6) is 0.204. The molecule has 2 rings (SSSR count). The summed E-state index contributed by atoms with van der Waals surface area (Å²) in [5, 5.41) is 25.2. The van der Waals surface area contributed by atoms with E-state index >= 15 is 0 Å². The fraction of sp³-hybridized carbons (Fsp3) is 0.583. The minimum atomic E-state index is -1.23. The quantitative estimate of drug-likeness (QED) is 0.713. The molecule has 0 spiro atoms. The predicted octanol–water partition coefficient (Wildman–Crippen LogP) is 0.113. The first-order valence-electron chi connectivity index (χ1n) is 6.28. The number of nitrogens with one attached hydrogen (secondary N) is 1. The third kappa shape index (κ3) is 2.60. The Hall–Kier alpha value is -2.09. The van der Waals surface area contributed by atoms with Crippen LogP contribution in [0.1, 0.15) is 26.0 Å². The van der Waals surface area contributed by atoms with Crippen LogP contribution in [0.5, 0.6) is 0 Å². The zero-order chi connectivity index (χ0) is 15.1. The molecule has 0 aromatic carbocycles. The number of hydrogen-bond acceptors (Lipinski definition) is 4. The second-order valence-corrected chi connectivity index (χ2v) is 5.36. The van der Waals surface area contributed by atoms with Crippen LogP contribution >= 0.6 is 0 Å². The van der Waals surface area contributed by atoms with Crippen molar-refractivity contribution in [3.63, 3.8) is 0 Å². The van der Waals surface area contributed by atoms with Crippen molar-refractivity contribution >= 4 is 17.8 Å². The van der Waals surface area contributed by atoms with Crippen molar-refractivity contribution in [1.29, 1.82) is 0 Å². The van der Waals surface area contributed by atoms with Crippen LogP contribution in [0, 0.1) is 0 Å². The lowest BCUT2D eigenvalue weighted by Gasteiger charge is -2.19. The Morgan fingerprint density at radius 2 is 2.20 bits per heavy atom. The molecule has 3 N–H and O–H groups in total. The van der Waals surface area contributed by atoms with Gasteiger partial charge < -0.3 is 15.5 Å². The van der Waals surface area contributed by atoms with E-state index in [-0.39, 0.29) is 5.91 Å². The van der Waals surface area contributed by atoms with E-state index in [1.165, 1.54) is 4.90 Å². The number of rotatable bonds is 2. The lowest BCUT2D eigenvalue weighted by Crippen LogP contribution is -2.46. The fourth-order valence-electron chi connectivity index (χ4n) is 2.14. The SMILES string of the molecule is CN1C(=O)C(NC(=O)O)CCn2nc(C(C)(C)O)cc21. The molecular weight excluding hydrogens is 264 g/mol. The van der Waals surface area contributed by atoms with Gasteiger partial charge in [0.05, 0.1) is 5.69 Å². The first-order valence-corrected chi connectivity index (χ1v) is 6.28. The van der Waals surface area contributed by atoms with E-state index in [9.17, 15) is 14.7 Å². The molecule has 110 valence electrons. The highest BCUT2D eigenvalue weighted by Gasteiger charge is 2.32. The van der Waals surface area contributed by atoms with Crippen molar-refractivity contribution in [3.05, 3.63) is 11.8 Å². The highest BCUT2D eigenvalue weighted by atomic mass is 16.4. The third-order valence-electron chi connectivity index (χ3n) is 3.29. The average molecular weight is 282 g/mol. The van der Waals surface area contributed by atoms with Gasteiger partial charge in [0.1, 0.15) is 17.5 Å². The molecule has 0 saturated carbocycles. The topological polar surface area (TPSA) is 108 Å². The van der Waals surface area contributed by atoms with Gasteiger partial charge in [-0.25, -0.2) is 9.48 Å². The van der Waals surface area contributed by atoms with Gasteiger partial charge in [-0.1, -0.05) is 0 Å². The number of aryl methyl sites for hydroxylation is 1. The van der Waals surface area contributed by atoms with Gasteiger partial charge in [0.15, 0.2) is 0 Å². The van der Waals surface area contributed by atoms with Crippen molar-refractivity contribution < 1.29 is 19.8 Å². The number of aromatic nitrogens is 2. The molecule has 2 amide bonds. The minimum Gasteiger partial charge on any atom is -0.465 e. The second kappa shape index (κ2) is 4.78. The van der Waals surface area contributed by atoms with Crippen LogP contribution in [-0.2, 0) is 16.9 Å². The van der Waals surface area contributed by atoms with Crippen LogP contribution in [0.4, 0.5) is 10.6 Å². The summed E-state index contributed by atoms with van der Waals surface area (Å²) in [7, 11) is 1.56. The first-order chi connectivity index (χ1) is 9.20. The van der Waals surface area contributed by atoms with E-state index in [2.05, 4.69) is 10.4 Å². The molecule has 1 aromatic rings. The van der Waals surface area contributed by atoms with Crippen LogP contribution < -0.4 is 10.2 Å². The van der Waals surface area contributed by atoms with E-state index < -0.39 is 17.7 Å². The Morgan fingerprint density at radius 1 is 1.55 bits per heavy atom. The van der Waals surface area contributed by atoms with Crippen molar-refractivity contribution in [2.45, 2.75) is 38.5 Å². The van der Waals surface area contributed by atoms with Gasteiger partial charge in [-0.3, -0.25) is 9.69 Å². The van der Waals surface area contributed by atoms with Gasteiger partial charge in [-0.2, -0.15) is 5.10 Å². The van der Waals surface area contributed by atoms with Gasteiger partial charge >= 0.3 is 6.09 Å². The number of carbonyl (C=O) groups is 2. The zero-order valence-electron chi connectivity index (χ0n) is 11.6. The zero-order valence-corrected chi connectivity index (χ0v) is 11.6. The molecule has 8 heteroatoms. The summed E-state index contributed by atoms with van der Waals surface area (Å²) in [6.45, 7) is 3.63. The summed E-state index contributed by atoms with van der Waals surface area (Å²) >= 11 is 0. The number of carboxylic acid groups (broad SMARTS) is 1. The second-order valence-electron chi connectivity index (χ2n) is 5.36. The van der Waals surface area contributed by atoms with Gasteiger partial charge in [-0.05, 0) is 20.3 Å². The number of anilines is 1. The minimum absolute atomic E-state index is 0.315. The van der Waals surface area contributed by atoms with E-state index in [4.69, 9.17) is 5.11 Å². The molecule has 2 heterocycles. The highest BCUT2D eigenvalue weighted by Crippen LogP contribution is 2.26. The monoisotopic (exact) mass is 282 g/mol. The lowest BCUT2D eigenvalue weighted by molar-refractivity contribution is -0.120. The van der Waals surface area contributed by atoms with Crippen LogP contribution in [-0.4, -0.2) is 45.1 Å². The predicted molar refractivity (Wildman–Crippen MR) is 70.4 cm³/mol. The number of carbonyl (C=O) groups excluding carboxylic acids is 1. The number of aliphatic hydroxyl groups is 1. The molecule has 0 saturated heterocycles. The Kier molecular flexibility index (Phi) is 3.43. The van der Waals surface area contributed by atoms with E-state index in [1.807, 2.05) is 0 Å². The van der Waals surface area contributed by atoms with E-state index in [0.717, 1.165) is 0 Å². The van der Waals surface area contributed by atoms with Crippen LogP contribution in [0.25, 0.3) is 0 Å². The smallest absolute Gasteiger partial charge is 0.405 e. The Morgan fingerprint density at radius 3 is 2.75 bits per heavy atom. The van der Waals surface area contributed by atoms with Crippen molar-refractivity contribution in [2.24, 2.45) is 0 Å². The van der Waals surface area contributed by atoms with Crippen molar-refractivity contribution in [2.75, 3.05) is 11.9 Å². The maximum absolute atomic E-state index is 12.2. The Balaban J connectivity index is 2.31. The molecule has 1 aliphatic rings. The first kappa shape index (κ1) is 14.3.